The molecule has 11 heteroatoms. The van der Waals surface area contributed by atoms with Crippen LogP contribution in [0.25, 0.3) is 0 Å². The molecule has 0 rings (SSSR count). The lowest BCUT2D eigenvalue weighted by atomic mass is 10.0. The summed E-state index contributed by atoms with van der Waals surface area (Å²) in [5.74, 6) is -3.75. The fourth-order valence-corrected chi connectivity index (χ4v) is 2.06. The Balaban J connectivity index is 5.22. The van der Waals surface area contributed by atoms with Gasteiger partial charge in [-0.1, -0.05) is 13.8 Å². The number of aliphatic hydroxyl groups excluding tert-OH is 2. The Bertz CT molecular complexity index is 510. The maximum absolute atomic E-state index is 12.3. The van der Waals surface area contributed by atoms with E-state index in [1.54, 1.807) is 13.8 Å². The zero-order chi connectivity index (χ0) is 20.4. The molecule has 0 aliphatic rings. The molecule has 150 valence electrons. The Labute approximate surface area is 151 Å². The van der Waals surface area contributed by atoms with Gasteiger partial charge in [0.2, 0.25) is 17.7 Å². The van der Waals surface area contributed by atoms with Crippen LogP contribution in [0.15, 0.2) is 0 Å². The van der Waals surface area contributed by atoms with Crippen molar-refractivity contribution in [1.29, 1.82) is 0 Å². The number of nitrogens with one attached hydrogen (secondary N) is 3. The quantitative estimate of drug-likeness (QED) is 0.197. The molecule has 0 aliphatic carbocycles. The second kappa shape index (κ2) is 11.4. The van der Waals surface area contributed by atoms with Crippen molar-refractivity contribution in [3.05, 3.63) is 0 Å². The molecule has 11 nitrogen and oxygen atoms in total. The molecule has 3 amide bonds. The number of rotatable bonds is 11. The van der Waals surface area contributed by atoms with Crippen LogP contribution in [0, 0.1) is 5.92 Å². The van der Waals surface area contributed by atoms with E-state index in [1.807, 2.05) is 0 Å². The Kier molecular flexibility index (Phi) is 10.4. The largest absolute Gasteiger partial charge is 0.480 e. The van der Waals surface area contributed by atoms with Gasteiger partial charge in [-0.3, -0.25) is 14.4 Å². The molecule has 0 aliphatic heterocycles. The van der Waals surface area contributed by atoms with Crippen LogP contribution in [0.1, 0.15) is 27.2 Å². The number of carboxylic acid groups (broad SMARTS) is 1. The summed E-state index contributed by atoms with van der Waals surface area (Å²) in [6, 6.07) is -3.97. The molecule has 0 saturated heterocycles. The molecule has 0 aromatic rings. The van der Waals surface area contributed by atoms with E-state index in [0.717, 1.165) is 0 Å². The molecule has 0 fully saturated rings. The zero-order valence-electron chi connectivity index (χ0n) is 15.1. The highest BCUT2D eigenvalue weighted by atomic mass is 16.4. The van der Waals surface area contributed by atoms with E-state index in [1.165, 1.54) is 6.92 Å². The lowest BCUT2D eigenvalue weighted by Gasteiger charge is -2.26. The van der Waals surface area contributed by atoms with Crippen LogP contribution in [-0.2, 0) is 19.2 Å². The standard InChI is InChI=1S/C15H28N4O7/c1-7(2)4-9(13(23)18-10(6-20)15(25)26)17-14(24)12(8(3)21)19-11(22)5-16/h7-10,12,20-21H,4-6,16H2,1-3H3,(H,17,24)(H,18,23)(H,19,22)(H,25,26). The third-order valence-electron chi connectivity index (χ3n) is 3.40. The van der Waals surface area contributed by atoms with E-state index in [2.05, 4.69) is 16.0 Å². The van der Waals surface area contributed by atoms with Gasteiger partial charge in [0.05, 0.1) is 19.3 Å². The van der Waals surface area contributed by atoms with Gasteiger partial charge in [-0.15, -0.1) is 0 Å². The predicted molar refractivity (Wildman–Crippen MR) is 90.7 cm³/mol. The van der Waals surface area contributed by atoms with E-state index in [9.17, 15) is 24.3 Å². The van der Waals surface area contributed by atoms with Gasteiger partial charge >= 0.3 is 5.97 Å². The summed E-state index contributed by atoms with van der Waals surface area (Å²) in [5, 5.41) is 34.3. The second-order valence-corrected chi connectivity index (χ2v) is 6.26. The molecule has 0 bridgehead atoms. The van der Waals surface area contributed by atoms with Crippen LogP contribution >= 0.6 is 0 Å². The molecule has 0 aromatic heterocycles. The maximum Gasteiger partial charge on any atom is 0.328 e. The highest BCUT2D eigenvalue weighted by Gasteiger charge is 2.31. The van der Waals surface area contributed by atoms with Crippen molar-refractivity contribution in [2.75, 3.05) is 13.2 Å². The summed E-state index contributed by atoms with van der Waals surface area (Å²) < 4.78 is 0. The van der Waals surface area contributed by atoms with Crippen molar-refractivity contribution in [3.8, 4) is 0 Å². The average Bonchev–Trinajstić information content (AvgIpc) is 2.54. The van der Waals surface area contributed by atoms with Gasteiger partial charge in [0.1, 0.15) is 18.1 Å². The first kappa shape index (κ1) is 23.8. The normalized spacial score (nSPS) is 15.5. The summed E-state index contributed by atoms with van der Waals surface area (Å²) in [6.07, 6.45) is -1.08. The molecule has 4 atom stereocenters. The molecule has 8 N–H and O–H groups in total. The molecule has 0 heterocycles. The monoisotopic (exact) mass is 376 g/mol. The minimum Gasteiger partial charge on any atom is -0.480 e. The van der Waals surface area contributed by atoms with Crippen molar-refractivity contribution >= 4 is 23.7 Å². The van der Waals surface area contributed by atoms with Gasteiger partial charge in [-0.05, 0) is 19.3 Å². The van der Waals surface area contributed by atoms with Gasteiger partial charge in [0, 0.05) is 0 Å². The summed E-state index contributed by atoms with van der Waals surface area (Å²) in [6.45, 7) is 3.66. The highest BCUT2D eigenvalue weighted by Crippen LogP contribution is 2.07. The number of carboxylic acids is 1. The second-order valence-electron chi connectivity index (χ2n) is 6.26. The van der Waals surface area contributed by atoms with E-state index >= 15 is 0 Å². The van der Waals surface area contributed by atoms with E-state index in [0.29, 0.717) is 0 Å². The van der Waals surface area contributed by atoms with Crippen LogP contribution in [0.3, 0.4) is 0 Å². The average molecular weight is 376 g/mol. The van der Waals surface area contributed by atoms with Crippen LogP contribution < -0.4 is 21.7 Å². The Hall–Kier alpha value is -2.24. The molecule has 0 aromatic carbocycles. The Morgan fingerprint density at radius 2 is 1.50 bits per heavy atom. The zero-order valence-corrected chi connectivity index (χ0v) is 15.1. The fourth-order valence-electron chi connectivity index (χ4n) is 2.06. The fraction of sp³-hybridized carbons (Fsp3) is 0.733. The van der Waals surface area contributed by atoms with E-state index in [-0.39, 0.29) is 18.9 Å². The summed E-state index contributed by atoms with van der Waals surface area (Å²) in [5.41, 5.74) is 5.17. The number of carbonyl (C=O) groups excluding carboxylic acids is 3. The van der Waals surface area contributed by atoms with Crippen molar-refractivity contribution in [2.24, 2.45) is 11.7 Å². The molecule has 0 radical (unpaired) electrons. The number of aliphatic hydroxyl groups is 2. The molecule has 4 unspecified atom stereocenters. The highest BCUT2D eigenvalue weighted by molar-refractivity contribution is 5.93. The van der Waals surface area contributed by atoms with E-state index < -0.39 is 54.5 Å². The number of amides is 3. The number of aliphatic carboxylic acids is 1. The molecule has 0 spiro atoms. The summed E-state index contributed by atoms with van der Waals surface area (Å²) in [7, 11) is 0. The molecule has 26 heavy (non-hydrogen) atoms. The van der Waals surface area contributed by atoms with Gasteiger partial charge in [-0.25, -0.2) is 4.79 Å². The van der Waals surface area contributed by atoms with E-state index in [4.69, 9.17) is 15.9 Å². The van der Waals surface area contributed by atoms with Gasteiger partial charge < -0.3 is 37.0 Å². The summed E-state index contributed by atoms with van der Waals surface area (Å²) >= 11 is 0. The molecular weight excluding hydrogens is 348 g/mol. The van der Waals surface area contributed by atoms with Crippen LogP contribution in [0.5, 0.6) is 0 Å². The maximum atomic E-state index is 12.3. The number of carbonyl (C=O) groups is 4. The predicted octanol–water partition coefficient (Wildman–Crippen LogP) is -3.10. The smallest absolute Gasteiger partial charge is 0.328 e. The van der Waals surface area contributed by atoms with Crippen molar-refractivity contribution in [1.82, 2.24) is 16.0 Å². The first-order valence-corrected chi connectivity index (χ1v) is 8.15. The SMILES string of the molecule is CC(C)CC(NC(=O)C(NC(=O)CN)C(C)O)C(=O)NC(CO)C(=O)O. The lowest BCUT2D eigenvalue weighted by molar-refractivity contribution is -0.143. The summed E-state index contributed by atoms with van der Waals surface area (Å²) in [4.78, 5) is 47.0. The van der Waals surface area contributed by atoms with Crippen molar-refractivity contribution in [2.45, 2.75) is 51.4 Å². The Morgan fingerprint density at radius 1 is 0.962 bits per heavy atom. The van der Waals surface area contributed by atoms with Gasteiger partial charge in [0.15, 0.2) is 0 Å². The molecular formula is C15H28N4O7. The van der Waals surface area contributed by atoms with Crippen molar-refractivity contribution < 1.29 is 34.5 Å². The lowest BCUT2D eigenvalue weighted by Crippen LogP contribution is -2.59. The number of hydrogen-bond donors (Lipinski definition) is 7. The Morgan fingerprint density at radius 3 is 1.88 bits per heavy atom. The van der Waals surface area contributed by atoms with Crippen LogP contribution in [0.2, 0.25) is 0 Å². The van der Waals surface area contributed by atoms with Crippen molar-refractivity contribution in [3.63, 3.8) is 0 Å². The number of nitrogens with two attached hydrogens (primary N) is 1. The third-order valence-corrected chi connectivity index (χ3v) is 3.40. The molecule has 0 saturated carbocycles. The topological polar surface area (TPSA) is 191 Å². The minimum atomic E-state index is -1.52. The first-order valence-electron chi connectivity index (χ1n) is 8.15. The number of hydrogen-bond acceptors (Lipinski definition) is 7. The third kappa shape index (κ3) is 8.23. The van der Waals surface area contributed by atoms with Gasteiger partial charge in [-0.2, -0.15) is 0 Å². The minimum absolute atomic E-state index is 0.0351. The van der Waals surface area contributed by atoms with Crippen LogP contribution in [0.4, 0.5) is 0 Å². The van der Waals surface area contributed by atoms with Gasteiger partial charge in [0.25, 0.3) is 0 Å². The van der Waals surface area contributed by atoms with Crippen LogP contribution in [-0.4, -0.2) is 76.4 Å². The first-order chi connectivity index (χ1) is 12.0.